The van der Waals surface area contributed by atoms with Crippen molar-refractivity contribution in [1.82, 2.24) is 20.1 Å². The van der Waals surface area contributed by atoms with Crippen molar-refractivity contribution in [1.29, 1.82) is 5.26 Å². The van der Waals surface area contributed by atoms with E-state index in [0.717, 1.165) is 12.8 Å². The average Bonchev–Trinajstić information content (AvgIpc) is 2.81. The summed E-state index contributed by atoms with van der Waals surface area (Å²) in [4.78, 5) is 16.3. The van der Waals surface area contributed by atoms with E-state index in [0.29, 0.717) is 18.7 Å². The number of aryl methyl sites for hydroxylation is 1. The molecule has 0 spiro atoms. The van der Waals surface area contributed by atoms with E-state index >= 15 is 0 Å². The van der Waals surface area contributed by atoms with Gasteiger partial charge in [-0.1, -0.05) is 26.7 Å². The second-order valence-corrected chi connectivity index (χ2v) is 4.71. The Labute approximate surface area is 113 Å². The lowest BCUT2D eigenvalue weighted by Gasteiger charge is -2.24. The number of hydrogen-bond donors (Lipinski definition) is 1. The first-order chi connectivity index (χ1) is 9.07. The molecule has 1 aromatic heterocycles. The van der Waals surface area contributed by atoms with E-state index in [-0.39, 0.29) is 12.5 Å². The Morgan fingerprint density at radius 3 is 2.53 bits per heavy atom. The smallest absolute Gasteiger partial charge is 0.240 e. The SMILES string of the molecule is CCCC(C#N)(CCC)C(=O)NCc1ncn(C)n1. The number of nitriles is 1. The molecule has 1 aromatic rings. The Morgan fingerprint density at radius 2 is 2.11 bits per heavy atom. The van der Waals surface area contributed by atoms with Crippen LogP contribution in [-0.2, 0) is 18.4 Å². The van der Waals surface area contributed by atoms with Crippen LogP contribution in [0.4, 0.5) is 0 Å². The molecule has 1 N–H and O–H groups in total. The molecule has 0 saturated carbocycles. The van der Waals surface area contributed by atoms with Gasteiger partial charge in [0.25, 0.3) is 0 Å². The Hall–Kier alpha value is -1.90. The van der Waals surface area contributed by atoms with Crippen LogP contribution >= 0.6 is 0 Å². The van der Waals surface area contributed by atoms with E-state index in [1.807, 2.05) is 13.8 Å². The lowest BCUT2D eigenvalue weighted by atomic mass is 9.80. The van der Waals surface area contributed by atoms with Crippen molar-refractivity contribution in [3.8, 4) is 6.07 Å². The monoisotopic (exact) mass is 263 g/mol. The summed E-state index contributed by atoms with van der Waals surface area (Å²) < 4.78 is 1.58. The maximum Gasteiger partial charge on any atom is 0.240 e. The molecule has 0 radical (unpaired) electrons. The highest BCUT2D eigenvalue weighted by Crippen LogP contribution is 2.29. The van der Waals surface area contributed by atoms with Crippen molar-refractivity contribution in [2.75, 3.05) is 0 Å². The highest BCUT2D eigenvalue weighted by Gasteiger charge is 2.36. The second-order valence-electron chi connectivity index (χ2n) is 4.71. The van der Waals surface area contributed by atoms with Gasteiger partial charge in [0.05, 0.1) is 12.6 Å². The molecule has 0 aromatic carbocycles. The molecule has 0 atom stereocenters. The number of carbonyl (C=O) groups is 1. The lowest BCUT2D eigenvalue weighted by Crippen LogP contribution is -2.40. The van der Waals surface area contributed by atoms with Crippen molar-refractivity contribution >= 4 is 5.91 Å². The molecule has 1 rings (SSSR count). The summed E-state index contributed by atoms with van der Waals surface area (Å²) in [6.45, 7) is 4.22. The molecule has 19 heavy (non-hydrogen) atoms. The Morgan fingerprint density at radius 1 is 1.47 bits per heavy atom. The van der Waals surface area contributed by atoms with Crippen LogP contribution in [0, 0.1) is 16.7 Å². The van der Waals surface area contributed by atoms with Gasteiger partial charge >= 0.3 is 0 Å². The number of carbonyl (C=O) groups excluding carboxylic acids is 1. The Kier molecular flexibility index (Phi) is 5.49. The third kappa shape index (κ3) is 3.78. The minimum atomic E-state index is -0.918. The quantitative estimate of drug-likeness (QED) is 0.808. The van der Waals surface area contributed by atoms with Crippen molar-refractivity contribution < 1.29 is 4.79 Å². The molecule has 104 valence electrons. The first-order valence-corrected chi connectivity index (χ1v) is 6.62. The van der Waals surface area contributed by atoms with E-state index in [9.17, 15) is 10.1 Å². The number of rotatable bonds is 7. The van der Waals surface area contributed by atoms with Gasteiger partial charge in [-0.3, -0.25) is 9.48 Å². The Balaban J connectivity index is 2.69. The van der Waals surface area contributed by atoms with Crippen molar-refractivity contribution in [2.24, 2.45) is 12.5 Å². The molecule has 0 fully saturated rings. The normalized spacial score (nSPS) is 11.1. The maximum absolute atomic E-state index is 12.3. The molecule has 0 aliphatic rings. The minimum absolute atomic E-state index is 0.217. The van der Waals surface area contributed by atoms with Crippen LogP contribution in [0.15, 0.2) is 6.33 Å². The fraction of sp³-hybridized carbons (Fsp3) is 0.692. The summed E-state index contributed by atoms with van der Waals surface area (Å²) in [5.74, 6) is 0.335. The molecule has 0 unspecified atom stereocenters. The molecular formula is C13H21N5O. The lowest BCUT2D eigenvalue weighted by molar-refractivity contribution is -0.129. The maximum atomic E-state index is 12.3. The average molecular weight is 263 g/mol. The summed E-state index contributed by atoms with van der Waals surface area (Å²) in [6, 6.07) is 2.20. The predicted octanol–water partition coefficient (Wildman–Crippen LogP) is 1.54. The van der Waals surface area contributed by atoms with Gasteiger partial charge in [0.15, 0.2) is 5.82 Å². The van der Waals surface area contributed by atoms with Crippen LogP contribution < -0.4 is 5.32 Å². The first kappa shape index (κ1) is 15.2. The summed E-state index contributed by atoms with van der Waals surface area (Å²) in [5, 5.41) is 16.2. The minimum Gasteiger partial charge on any atom is -0.347 e. The molecule has 1 amide bonds. The Bertz CT molecular complexity index is 454. The molecular weight excluding hydrogens is 242 g/mol. The van der Waals surface area contributed by atoms with Gasteiger partial charge in [-0.2, -0.15) is 10.4 Å². The van der Waals surface area contributed by atoms with E-state index in [1.54, 1.807) is 18.1 Å². The van der Waals surface area contributed by atoms with Gasteiger partial charge in [-0.25, -0.2) is 4.98 Å². The number of nitrogens with zero attached hydrogens (tertiary/aromatic N) is 4. The molecule has 6 heteroatoms. The fourth-order valence-electron chi connectivity index (χ4n) is 2.16. The molecule has 1 heterocycles. The van der Waals surface area contributed by atoms with Crippen LogP contribution in [0.5, 0.6) is 0 Å². The zero-order chi connectivity index (χ0) is 14.3. The summed E-state index contributed by atoms with van der Waals surface area (Å²) in [6.07, 6.45) is 4.36. The standard InChI is InChI=1S/C13H21N5O/c1-4-6-13(9-14,7-5-2)12(19)15-8-11-16-10-18(3)17-11/h10H,4-8H2,1-3H3,(H,15,19). The van der Waals surface area contributed by atoms with Gasteiger partial charge in [0, 0.05) is 7.05 Å². The van der Waals surface area contributed by atoms with Crippen molar-refractivity contribution in [3.63, 3.8) is 0 Å². The number of hydrogen-bond acceptors (Lipinski definition) is 4. The molecule has 0 bridgehead atoms. The molecule has 6 nitrogen and oxygen atoms in total. The molecule has 0 aliphatic heterocycles. The van der Waals surface area contributed by atoms with Crippen LogP contribution in [0.1, 0.15) is 45.4 Å². The van der Waals surface area contributed by atoms with Gasteiger partial charge in [-0.05, 0) is 12.8 Å². The zero-order valence-electron chi connectivity index (χ0n) is 11.8. The van der Waals surface area contributed by atoms with Crippen LogP contribution in [0.25, 0.3) is 0 Å². The van der Waals surface area contributed by atoms with E-state index in [2.05, 4.69) is 21.5 Å². The number of amides is 1. The van der Waals surface area contributed by atoms with Gasteiger partial charge in [-0.15, -0.1) is 0 Å². The first-order valence-electron chi connectivity index (χ1n) is 6.62. The molecule has 0 aliphatic carbocycles. The number of nitrogens with one attached hydrogen (secondary N) is 1. The topological polar surface area (TPSA) is 83.6 Å². The second kappa shape index (κ2) is 6.88. The van der Waals surface area contributed by atoms with Crippen LogP contribution in [0.2, 0.25) is 0 Å². The third-order valence-electron chi connectivity index (χ3n) is 3.06. The number of aromatic nitrogens is 3. The van der Waals surface area contributed by atoms with Crippen molar-refractivity contribution in [3.05, 3.63) is 12.2 Å². The van der Waals surface area contributed by atoms with Gasteiger partial charge in [0.2, 0.25) is 5.91 Å². The zero-order valence-corrected chi connectivity index (χ0v) is 11.8. The van der Waals surface area contributed by atoms with E-state index in [1.165, 1.54) is 0 Å². The fourth-order valence-corrected chi connectivity index (χ4v) is 2.16. The van der Waals surface area contributed by atoms with E-state index < -0.39 is 5.41 Å². The molecule has 0 saturated heterocycles. The van der Waals surface area contributed by atoms with Gasteiger partial charge < -0.3 is 5.32 Å². The third-order valence-corrected chi connectivity index (χ3v) is 3.06. The van der Waals surface area contributed by atoms with Crippen LogP contribution in [-0.4, -0.2) is 20.7 Å². The summed E-state index contributed by atoms with van der Waals surface area (Å²) in [5.41, 5.74) is -0.918. The van der Waals surface area contributed by atoms with Gasteiger partial charge in [0.1, 0.15) is 11.7 Å². The van der Waals surface area contributed by atoms with Crippen molar-refractivity contribution in [2.45, 2.75) is 46.1 Å². The van der Waals surface area contributed by atoms with Crippen LogP contribution in [0.3, 0.4) is 0 Å². The van der Waals surface area contributed by atoms with E-state index in [4.69, 9.17) is 0 Å². The largest absolute Gasteiger partial charge is 0.347 e. The summed E-state index contributed by atoms with van der Waals surface area (Å²) >= 11 is 0. The predicted molar refractivity (Wildman–Crippen MR) is 70.7 cm³/mol. The highest BCUT2D eigenvalue weighted by molar-refractivity contribution is 5.85. The highest BCUT2D eigenvalue weighted by atomic mass is 16.2. The summed E-state index contributed by atoms with van der Waals surface area (Å²) in [7, 11) is 1.77.